The van der Waals surface area contributed by atoms with Gasteiger partial charge in [-0.05, 0) is 54.7 Å². The van der Waals surface area contributed by atoms with Gasteiger partial charge in [-0.25, -0.2) is 9.18 Å². The maximum atomic E-state index is 14.5. The molecule has 36 heavy (non-hydrogen) atoms. The van der Waals surface area contributed by atoms with E-state index in [1.54, 1.807) is 23.1 Å². The van der Waals surface area contributed by atoms with Crippen LogP contribution < -0.4 is 9.80 Å². The normalized spacial score (nSPS) is 17.3. The number of amides is 2. The van der Waals surface area contributed by atoms with Gasteiger partial charge in [-0.1, -0.05) is 48.5 Å². The quantitative estimate of drug-likeness (QED) is 0.372. The van der Waals surface area contributed by atoms with Gasteiger partial charge in [0.2, 0.25) is 0 Å². The van der Waals surface area contributed by atoms with Crippen molar-refractivity contribution in [1.82, 2.24) is 4.90 Å². The molecule has 2 aliphatic rings. The van der Waals surface area contributed by atoms with Crippen LogP contribution in [0.25, 0.3) is 0 Å². The van der Waals surface area contributed by atoms with Gasteiger partial charge in [0.15, 0.2) is 0 Å². The molecule has 0 aromatic heterocycles. The number of urea groups is 1. The van der Waals surface area contributed by atoms with Gasteiger partial charge in [-0.3, -0.25) is 4.90 Å². The minimum Gasteiger partial charge on any atom is -0.369 e. The maximum Gasteiger partial charge on any atom is 0.416 e. The monoisotopic (exact) mass is 498 g/mol. The number of benzene rings is 3. The zero-order valence-corrected chi connectivity index (χ0v) is 19.9. The van der Waals surface area contributed by atoms with E-state index < -0.39 is 11.7 Å². The molecule has 1 fully saturated rings. The Bertz CT molecular complexity index is 1300. The highest BCUT2D eigenvalue weighted by molar-refractivity contribution is 5.95. The largest absolute Gasteiger partial charge is 0.416 e. The minimum atomic E-state index is -4.64. The fourth-order valence-corrected chi connectivity index (χ4v) is 5.31. The van der Waals surface area contributed by atoms with Crippen LogP contribution in [0.5, 0.6) is 0 Å². The lowest BCUT2D eigenvalue weighted by atomic mass is 9.98. The topological polar surface area (TPSA) is 26.8 Å². The number of carbonyl (C=O) groups is 1. The van der Waals surface area contributed by atoms with Crippen LogP contribution >= 0.6 is 0 Å². The van der Waals surface area contributed by atoms with E-state index in [4.69, 9.17) is 1.37 Å². The lowest BCUT2D eigenvalue weighted by Crippen LogP contribution is -2.54. The molecule has 8 heteroatoms. The Morgan fingerprint density at radius 3 is 2.44 bits per heavy atom. The van der Waals surface area contributed by atoms with Gasteiger partial charge in [0.1, 0.15) is 5.82 Å². The Morgan fingerprint density at radius 2 is 1.72 bits per heavy atom. The molecule has 0 N–H and O–H groups in total. The minimum absolute atomic E-state index is 0.139. The van der Waals surface area contributed by atoms with E-state index in [9.17, 15) is 22.4 Å². The Kier molecular flexibility index (Phi) is 6.03. The molecule has 0 unspecified atom stereocenters. The number of alkyl halides is 3. The summed E-state index contributed by atoms with van der Waals surface area (Å²) >= 11 is 0. The fourth-order valence-electron chi connectivity index (χ4n) is 5.31. The van der Waals surface area contributed by atoms with Crippen LogP contribution in [0.2, 0.25) is 0 Å². The number of para-hydroxylation sites is 2. The Hall–Kier alpha value is -3.55. The van der Waals surface area contributed by atoms with Crippen molar-refractivity contribution < 1.29 is 23.7 Å². The van der Waals surface area contributed by atoms with Crippen molar-refractivity contribution in [3.8, 4) is 0 Å². The van der Waals surface area contributed by atoms with Crippen LogP contribution in [0.4, 0.5) is 33.7 Å². The van der Waals surface area contributed by atoms with Crippen LogP contribution in [0, 0.1) is 12.7 Å². The highest BCUT2D eigenvalue weighted by atomic mass is 19.4. The second-order valence-corrected chi connectivity index (χ2v) is 9.31. The second-order valence-electron chi connectivity index (χ2n) is 9.31. The number of fused-ring (bicyclic) bond motifs is 1. The van der Waals surface area contributed by atoms with Crippen LogP contribution in [0.1, 0.15) is 36.5 Å². The first-order valence-corrected chi connectivity index (χ1v) is 12.0. The zero-order chi connectivity index (χ0) is 26.3. The summed E-state index contributed by atoms with van der Waals surface area (Å²) in [6.45, 7) is 2.99. The van der Waals surface area contributed by atoms with Gasteiger partial charge in [0, 0.05) is 25.7 Å². The van der Waals surface area contributed by atoms with Crippen LogP contribution in [0.3, 0.4) is 0 Å². The summed E-state index contributed by atoms with van der Waals surface area (Å²) in [7, 11) is 0. The van der Waals surface area contributed by atoms with Gasteiger partial charge in [0.05, 0.1) is 24.9 Å². The van der Waals surface area contributed by atoms with Gasteiger partial charge >= 0.3 is 12.2 Å². The van der Waals surface area contributed by atoms with Crippen LogP contribution in [0.15, 0.2) is 66.7 Å². The maximum absolute atomic E-state index is 14.5. The van der Waals surface area contributed by atoms with Crippen molar-refractivity contribution in [1.29, 1.82) is 0 Å². The molecule has 0 spiro atoms. The van der Waals surface area contributed by atoms with E-state index in [-0.39, 0.29) is 36.0 Å². The van der Waals surface area contributed by atoms with Crippen molar-refractivity contribution in [2.24, 2.45) is 0 Å². The Balaban J connectivity index is 1.42. The number of carbonyl (C=O) groups excluding carboxylic acids is 1. The summed E-state index contributed by atoms with van der Waals surface area (Å²) in [6.07, 6.45) is -3.42. The van der Waals surface area contributed by atoms with E-state index in [0.29, 0.717) is 43.9 Å². The highest BCUT2D eigenvalue weighted by Crippen LogP contribution is 2.37. The average molecular weight is 499 g/mol. The van der Waals surface area contributed by atoms with Crippen LogP contribution in [-0.2, 0) is 19.3 Å². The summed E-state index contributed by atoms with van der Waals surface area (Å²) in [6, 6.07) is 14.9. The SMILES string of the molecule is [2H]c1cccc(C(F)(F)F)c1CN1C(=O)N(C2CCN(c3c(C)cccc3F)CC2)Cc2ccccc21. The molecule has 3 aromatic rings. The molecule has 1 saturated heterocycles. The summed E-state index contributed by atoms with van der Waals surface area (Å²) < 4.78 is 63.9. The molecule has 2 heterocycles. The molecule has 0 radical (unpaired) electrons. The fraction of sp³-hybridized carbons (Fsp3) is 0.321. The summed E-state index contributed by atoms with van der Waals surface area (Å²) in [5.41, 5.74) is 1.68. The number of nitrogens with zero attached hydrogens (tertiary/aromatic N) is 3. The standard InChI is InChI=1S/C28H27F4N3O/c1-19-7-6-11-24(29)26(19)33-15-13-22(14-16-33)34-18-21-9-3-5-12-25(21)35(27(34)36)17-20-8-2-4-10-23(20)28(30,31)32/h2-12,22H,13-18H2,1H3/i8D. The van der Waals surface area contributed by atoms with Gasteiger partial charge in [0.25, 0.3) is 0 Å². The van der Waals surface area contributed by atoms with Crippen molar-refractivity contribution in [2.45, 2.75) is 45.1 Å². The van der Waals surface area contributed by atoms with Gasteiger partial charge < -0.3 is 9.80 Å². The highest BCUT2D eigenvalue weighted by Gasteiger charge is 2.38. The molecular formula is C28H27F4N3O. The molecule has 4 nitrogen and oxygen atoms in total. The predicted molar refractivity (Wildman–Crippen MR) is 131 cm³/mol. The number of anilines is 2. The van der Waals surface area contributed by atoms with Crippen molar-refractivity contribution in [2.75, 3.05) is 22.9 Å². The molecule has 0 aliphatic carbocycles. The number of hydrogen-bond acceptors (Lipinski definition) is 2. The third-order valence-corrected chi connectivity index (χ3v) is 7.07. The number of rotatable bonds is 4. The van der Waals surface area contributed by atoms with E-state index in [0.717, 1.165) is 17.2 Å². The van der Waals surface area contributed by atoms with Gasteiger partial charge in [-0.2, -0.15) is 13.2 Å². The third kappa shape index (κ3) is 4.52. The van der Waals surface area contributed by atoms with E-state index in [1.165, 1.54) is 23.1 Å². The average Bonchev–Trinajstić information content (AvgIpc) is 2.86. The number of hydrogen-bond donors (Lipinski definition) is 0. The lowest BCUT2D eigenvalue weighted by Gasteiger charge is -2.44. The van der Waals surface area contributed by atoms with Crippen LogP contribution in [-0.4, -0.2) is 30.1 Å². The van der Waals surface area contributed by atoms with E-state index in [1.807, 2.05) is 30.0 Å². The van der Waals surface area contributed by atoms with E-state index in [2.05, 4.69) is 0 Å². The smallest absolute Gasteiger partial charge is 0.369 e. The van der Waals surface area contributed by atoms with Crippen molar-refractivity contribution in [3.63, 3.8) is 0 Å². The summed E-state index contributed by atoms with van der Waals surface area (Å²) in [5, 5.41) is 0. The molecule has 5 rings (SSSR count). The molecular weight excluding hydrogens is 470 g/mol. The lowest BCUT2D eigenvalue weighted by molar-refractivity contribution is -0.138. The molecule has 2 aliphatic heterocycles. The second kappa shape index (κ2) is 9.48. The van der Waals surface area contributed by atoms with Crippen molar-refractivity contribution in [3.05, 3.63) is 94.8 Å². The molecule has 0 atom stereocenters. The third-order valence-electron chi connectivity index (χ3n) is 7.07. The molecule has 0 bridgehead atoms. The van der Waals surface area contributed by atoms with Gasteiger partial charge in [-0.15, -0.1) is 0 Å². The zero-order valence-electron chi connectivity index (χ0n) is 20.9. The number of piperidine rings is 1. The van der Waals surface area contributed by atoms with E-state index >= 15 is 0 Å². The summed E-state index contributed by atoms with van der Waals surface area (Å²) in [4.78, 5) is 18.8. The molecule has 2 amide bonds. The number of halogens is 4. The Labute approximate surface area is 209 Å². The molecule has 0 saturated carbocycles. The first-order valence-electron chi connectivity index (χ1n) is 12.5. The molecule has 3 aromatic carbocycles. The predicted octanol–water partition coefficient (Wildman–Crippen LogP) is 6.76. The first-order chi connectivity index (χ1) is 17.6. The summed E-state index contributed by atoms with van der Waals surface area (Å²) in [5.74, 6) is -0.276. The van der Waals surface area contributed by atoms with Crippen molar-refractivity contribution >= 4 is 17.4 Å². The molecule has 188 valence electrons. The Morgan fingerprint density at radius 1 is 1.00 bits per heavy atom. The number of aryl methyl sites for hydroxylation is 1. The first kappa shape index (κ1) is 22.9.